The summed E-state index contributed by atoms with van der Waals surface area (Å²) in [5.41, 5.74) is 0. The third kappa shape index (κ3) is 11.2. The van der Waals surface area contributed by atoms with Crippen molar-refractivity contribution in [2.75, 3.05) is 0 Å². The van der Waals surface area contributed by atoms with Gasteiger partial charge in [0.1, 0.15) is 0 Å². The number of allylic oxidation sites excluding steroid dienone is 5. The fourth-order valence-electron chi connectivity index (χ4n) is 1.24. The Balaban J connectivity index is 2.99. The molecule has 0 atom stereocenters. The first-order valence-electron chi connectivity index (χ1n) is 5.30. The molecule has 0 saturated heterocycles. The molecule has 0 spiro atoms. The molecule has 0 heterocycles. The van der Waals surface area contributed by atoms with Crippen LogP contribution in [0, 0.1) is 0 Å². The maximum absolute atomic E-state index is 3.63. The van der Waals surface area contributed by atoms with Gasteiger partial charge >= 0.3 is 0 Å². The van der Waals surface area contributed by atoms with Gasteiger partial charge in [0, 0.05) is 0 Å². The van der Waals surface area contributed by atoms with Gasteiger partial charge in [-0.25, -0.2) is 0 Å². The van der Waals surface area contributed by atoms with Crippen LogP contribution >= 0.6 is 0 Å². The summed E-state index contributed by atoms with van der Waals surface area (Å²) < 4.78 is 0. The third-order valence-electron chi connectivity index (χ3n) is 2.00. The molecule has 0 fully saturated rings. The van der Waals surface area contributed by atoms with Gasteiger partial charge in [-0.05, 0) is 32.6 Å². The lowest BCUT2D eigenvalue weighted by Gasteiger charge is -1.96. The van der Waals surface area contributed by atoms with Crippen molar-refractivity contribution in [1.29, 1.82) is 0 Å². The third-order valence-corrected chi connectivity index (χ3v) is 2.00. The lowest BCUT2D eigenvalue weighted by molar-refractivity contribution is 0.652. The molecule has 0 radical (unpaired) electrons. The monoisotopic (exact) mass is 178 g/mol. The molecule has 0 aliphatic heterocycles. The van der Waals surface area contributed by atoms with E-state index in [1.54, 1.807) is 0 Å². The summed E-state index contributed by atoms with van der Waals surface area (Å²) in [4.78, 5) is 0. The van der Waals surface area contributed by atoms with Crippen LogP contribution in [0.25, 0.3) is 0 Å². The SMILES string of the molecule is C=C/C=C/CCCCCC/C=C/C. The van der Waals surface area contributed by atoms with Gasteiger partial charge in [0.05, 0.1) is 0 Å². The minimum Gasteiger partial charge on any atom is -0.0991 e. The number of rotatable bonds is 8. The Kier molecular flexibility index (Phi) is 10.5. The molecule has 0 heteroatoms. The zero-order chi connectivity index (χ0) is 9.78. The Bertz CT molecular complexity index is 151. The highest BCUT2D eigenvalue weighted by molar-refractivity contribution is 4.96. The zero-order valence-electron chi connectivity index (χ0n) is 8.84. The summed E-state index contributed by atoms with van der Waals surface area (Å²) in [6.07, 6.45) is 18.3. The topological polar surface area (TPSA) is 0 Å². The molecule has 0 amide bonds. The van der Waals surface area contributed by atoms with E-state index in [9.17, 15) is 0 Å². The lowest BCUT2D eigenvalue weighted by atomic mass is 10.1. The molecule has 74 valence electrons. The van der Waals surface area contributed by atoms with Crippen LogP contribution in [0.4, 0.5) is 0 Å². The number of hydrogen-bond donors (Lipinski definition) is 0. The van der Waals surface area contributed by atoms with Crippen LogP contribution < -0.4 is 0 Å². The Hall–Kier alpha value is -0.780. The number of unbranched alkanes of at least 4 members (excludes halogenated alkanes) is 5. The second-order valence-electron chi connectivity index (χ2n) is 3.22. The van der Waals surface area contributed by atoms with E-state index in [-0.39, 0.29) is 0 Å². The molecule has 0 N–H and O–H groups in total. The highest BCUT2D eigenvalue weighted by Crippen LogP contribution is 2.06. The van der Waals surface area contributed by atoms with Crippen LogP contribution in [0.15, 0.2) is 37.0 Å². The molecule has 13 heavy (non-hydrogen) atoms. The van der Waals surface area contributed by atoms with Gasteiger partial charge in [-0.3, -0.25) is 0 Å². The summed E-state index contributed by atoms with van der Waals surface area (Å²) in [5.74, 6) is 0. The Morgan fingerprint density at radius 2 is 1.54 bits per heavy atom. The molecular weight excluding hydrogens is 156 g/mol. The van der Waals surface area contributed by atoms with Crippen LogP contribution in [0.2, 0.25) is 0 Å². The van der Waals surface area contributed by atoms with Crippen molar-refractivity contribution in [2.24, 2.45) is 0 Å². The Morgan fingerprint density at radius 3 is 2.08 bits per heavy atom. The molecule has 0 unspecified atom stereocenters. The van der Waals surface area contributed by atoms with Crippen LogP contribution in [-0.4, -0.2) is 0 Å². The average Bonchev–Trinajstić information content (AvgIpc) is 2.16. The van der Waals surface area contributed by atoms with E-state index >= 15 is 0 Å². The van der Waals surface area contributed by atoms with Crippen molar-refractivity contribution in [2.45, 2.75) is 45.4 Å². The maximum atomic E-state index is 3.63. The molecule has 0 aliphatic rings. The van der Waals surface area contributed by atoms with Crippen LogP contribution in [0.3, 0.4) is 0 Å². The Morgan fingerprint density at radius 1 is 0.923 bits per heavy atom. The van der Waals surface area contributed by atoms with E-state index < -0.39 is 0 Å². The van der Waals surface area contributed by atoms with Crippen molar-refractivity contribution < 1.29 is 0 Å². The molecule has 0 saturated carbocycles. The molecule has 0 bridgehead atoms. The van der Waals surface area contributed by atoms with E-state index in [1.807, 2.05) is 12.2 Å². The van der Waals surface area contributed by atoms with Crippen molar-refractivity contribution in [3.8, 4) is 0 Å². The first kappa shape index (κ1) is 12.2. The van der Waals surface area contributed by atoms with E-state index in [1.165, 1.54) is 38.5 Å². The summed E-state index contributed by atoms with van der Waals surface area (Å²) in [5, 5.41) is 0. The fourth-order valence-corrected chi connectivity index (χ4v) is 1.24. The normalized spacial score (nSPS) is 11.5. The quantitative estimate of drug-likeness (QED) is 0.288. The van der Waals surface area contributed by atoms with Gasteiger partial charge in [0.25, 0.3) is 0 Å². The van der Waals surface area contributed by atoms with Crippen molar-refractivity contribution >= 4 is 0 Å². The predicted octanol–water partition coefficient (Wildman–Crippen LogP) is 4.65. The average molecular weight is 178 g/mol. The van der Waals surface area contributed by atoms with Crippen LogP contribution in [-0.2, 0) is 0 Å². The van der Waals surface area contributed by atoms with Crippen molar-refractivity contribution in [1.82, 2.24) is 0 Å². The second-order valence-corrected chi connectivity index (χ2v) is 3.22. The number of hydrogen-bond acceptors (Lipinski definition) is 0. The molecule has 0 rings (SSSR count). The molecule has 0 aliphatic carbocycles. The van der Waals surface area contributed by atoms with E-state index in [0.717, 1.165) is 0 Å². The highest BCUT2D eigenvalue weighted by Gasteiger charge is 1.86. The van der Waals surface area contributed by atoms with Gasteiger partial charge in [-0.2, -0.15) is 0 Å². The Labute approximate surface area is 83.0 Å². The summed E-state index contributed by atoms with van der Waals surface area (Å²) in [6, 6.07) is 0. The highest BCUT2D eigenvalue weighted by atomic mass is 13.9. The van der Waals surface area contributed by atoms with Crippen LogP contribution in [0.1, 0.15) is 45.4 Å². The molecule has 0 aromatic carbocycles. The molecule has 0 aromatic heterocycles. The van der Waals surface area contributed by atoms with Gasteiger partial charge in [-0.1, -0.05) is 49.8 Å². The molecule has 0 aromatic rings. The standard InChI is InChI=1S/C13H22/c1-3-5-7-9-11-13-12-10-8-6-4-2/h3-7H,1,8-13H2,2H3/b6-4+,7-5+. The van der Waals surface area contributed by atoms with Gasteiger partial charge < -0.3 is 0 Å². The van der Waals surface area contributed by atoms with Crippen molar-refractivity contribution in [3.63, 3.8) is 0 Å². The zero-order valence-corrected chi connectivity index (χ0v) is 8.84. The minimum atomic E-state index is 1.20. The second kappa shape index (κ2) is 11.2. The lowest BCUT2D eigenvalue weighted by Crippen LogP contribution is -1.76. The summed E-state index contributed by atoms with van der Waals surface area (Å²) >= 11 is 0. The first-order chi connectivity index (χ1) is 6.41. The largest absolute Gasteiger partial charge is 0.0991 e. The molecular formula is C13H22. The maximum Gasteiger partial charge on any atom is -0.0348 e. The predicted molar refractivity (Wildman–Crippen MR) is 61.9 cm³/mol. The molecule has 0 nitrogen and oxygen atoms in total. The van der Waals surface area contributed by atoms with Gasteiger partial charge in [0.15, 0.2) is 0 Å². The van der Waals surface area contributed by atoms with Crippen molar-refractivity contribution in [3.05, 3.63) is 37.0 Å². The minimum absolute atomic E-state index is 1.20. The van der Waals surface area contributed by atoms with Gasteiger partial charge in [0.2, 0.25) is 0 Å². The summed E-state index contributed by atoms with van der Waals surface area (Å²) in [7, 11) is 0. The van der Waals surface area contributed by atoms with Crippen LogP contribution in [0.5, 0.6) is 0 Å². The van der Waals surface area contributed by atoms with E-state index in [4.69, 9.17) is 0 Å². The fraction of sp³-hybridized carbons (Fsp3) is 0.538. The van der Waals surface area contributed by atoms with E-state index in [2.05, 4.69) is 31.7 Å². The smallest absolute Gasteiger partial charge is 0.0348 e. The van der Waals surface area contributed by atoms with E-state index in [0.29, 0.717) is 0 Å². The summed E-state index contributed by atoms with van der Waals surface area (Å²) in [6.45, 7) is 5.72. The first-order valence-corrected chi connectivity index (χ1v) is 5.30. The van der Waals surface area contributed by atoms with Gasteiger partial charge in [-0.15, -0.1) is 0 Å².